The lowest BCUT2D eigenvalue weighted by molar-refractivity contribution is -0.384. The van der Waals surface area contributed by atoms with E-state index in [9.17, 15) is 10.1 Å². The zero-order chi connectivity index (χ0) is 14.7. The fourth-order valence-electron chi connectivity index (χ4n) is 1.88. The molecule has 0 aliphatic carbocycles. The van der Waals surface area contributed by atoms with Gasteiger partial charge >= 0.3 is 0 Å². The van der Waals surface area contributed by atoms with Crippen LogP contribution in [-0.2, 0) is 0 Å². The number of non-ortho nitro benzene ring substituents is 1. The van der Waals surface area contributed by atoms with Gasteiger partial charge in [-0.15, -0.1) is 0 Å². The average Bonchev–Trinajstić information content (AvgIpc) is 2.41. The van der Waals surface area contributed by atoms with E-state index in [1.165, 1.54) is 12.1 Å². The first kappa shape index (κ1) is 14.0. The summed E-state index contributed by atoms with van der Waals surface area (Å²) >= 11 is 0. The molecule has 0 aromatic heterocycles. The molecule has 0 aliphatic rings. The third kappa shape index (κ3) is 2.95. The van der Waals surface area contributed by atoms with Crippen molar-refractivity contribution in [1.29, 1.82) is 0 Å². The van der Waals surface area contributed by atoms with Crippen molar-refractivity contribution in [3.05, 3.63) is 63.7 Å². The lowest BCUT2D eigenvalue weighted by atomic mass is 10.1. The van der Waals surface area contributed by atoms with E-state index in [1.807, 2.05) is 32.0 Å². The summed E-state index contributed by atoms with van der Waals surface area (Å²) in [6.07, 6.45) is 0. The second kappa shape index (κ2) is 5.71. The topological polar surface area (TPSA) is 78.4 Å². The molecule has 0 unspecified atom stereocenters. The SMILES string of the molecule is Cc1ccc([N+](=O)[O-])cc1Oc1ccccc1[C@@H](C)N. The predicted octanol–water partition coefficient (Wildman–Crippen LogP) is 3.72. The molecule has 2 rings (SSSR count). The molecule has 0 fully saturated rings. The van der Waals surface area contributed by atoms with Crippen LogP contribution >= 0.6 is 0 Å². The van der Waals surface area contributed by atoms with Crippen LogP contribution in [0.4, 0.5) is 5.69 Å². The number of nitro groups is 1. The van der Waals surface area contributed by atoms with Crippen LogP contribution < -0.4 is 10.5 Å². The summed E-state index contributed by atoms with van der Waals surface area (Å²) in [5.41, 5.74) is 7.59. The van der Waals surface area contributed by atoms with Crippen molar-refractivity contribution in [3.8, 4) is 11.5 Å². The van der Waals surface area contributed by atoms with Crippen molar-refractivity contribution in [2.75, 3.05) is 0 Å². The normalized spacial score (nSPS) is 11.9. The van der Waals surface area contributed by atoms with Gasteiger partial charge in [-0.05, 0) is 31.5 Å². The van der Waals surface area contributed by atoms with E-state index in [2.05, 4.69) is 0 Å². The summed E-state index contributed by atoms with van der Waals surface area (Å²) in [4.78, 5) is 10.4. The van der Waals surface area contributed by atoms with Gasteiger partial charge in [0, 0.05) is 17.7 Å². The molecule has 1 atom stereocenters. The van der Waals surface area contributed by atoms with Gasteiger partial charge in [0.2, 0.25) is 0 Å². The molecule has 0 spiro atoms. The van der Waals surface area contributed by atoms with Crippen LogP contribution in [0.3, 0.4) is 0 Å². The lowest BCUT2D eigenvalue weighted by Gasteiger charge is -2.14. The number of hydrogen-bond donors (Lipinski definition) is 1. The van der Waals surface area contributed by atoms with Crippen LogP contribution in [0.1, 0.15) is 24.1 Å². The van der Waals surface area contributed by atoms with E-state index in [0.717, 1.165) is 11.1 Å². The molecule has 0 radical (unpaired) electrons. The molecule has 2 aromatic carbocycles. The van der Waals surface area contributed by atoms with Crippen molar-refractivity contribution in [1.82, 2.24) is 0 Å². The Balaban J connectivity index is 2.40. The minimum Gasteiger partial charge on any atom is -0.456 e. The van der Waals surface area contributed by atoms with Crippen LogP contribution in [-0.4, -0.2) is 4.92 Å². The zero-order valence-corrected chi connectivity index (χ0v) is 11.4. The quantitative estimate of drug-likeness (QED) is 0.679. The zero-order valence-electron chi connectivity index (χ0n) is 11.4. The lowest BCUT2D eigenvalue weighted by Crippen LogP contribution is -2.06. The molecule has 0 saturated heterocycles. The monoisotopic (exact) mass is 272 g/mol. The van der Waals surface area contributed by atoms with Gasteiger partial charge in [0.25, 0.3) is 5.69 Å². The van der Waals surface area contributed by atoms with Crippen molar-refractivity contribution < 1.29 is 9.66 Å². The molecule has 0 saturated carbocycles. The predicted molar refractivity (Wildman–Crippen MR) is 77.0 cm³/mol. The largest absolute Gasteiger partial charge is 0.456 e. The van der Waals surface area contributed by atoms with Gasteiger partial charge in [0.15, 0.2) is 0 Å². The molecule has 0 aliphatic heterocycles. The van der Waals surface area contributed by atoms with E-state index in [1.54, 1.807) is 12.1 Å². The number of aryl methyl sites for hydroxylation is 1. The maximum atomic E-state index is 10.8. The summed E-state index contributed by atoms with van der Waals surface area (Å²) in [7, 11) is 0. The van der Waals surface area contributed by atoms with Crippen LogP contribution in [0.2, 0.25) is 0 Å². The first-order valence-corrected chi connectivity index (χ1v) is 6.26. The molecule has 104 valence electrons. The van der Waals surface area contributed by atoms with Crippen molar-refractivity contribution in [2.24, 2.45) is 5.73 Å². The van der Waals surface area contributed by atoms with Gasteiger partial charge in [-0.3, -0.25) is 10.1 Å². The van der Waals surface area contributed by atoms with E-state index in [4.69, 9.17) is 10.5 Å². The molecular weight excluding hydrogens is 256 g/mol. The number of nitrogens with two attached hydrogens (primary N) is 1. The Morgan fingerprint density at radius 3 is 2.55 bits per heavy atom. The Hall–Kier alpha value is -2.40. The van der Waals surface area contributed by atoms with Crippen LogP contribution in [0.15, 0.2) is 42.5 Å². The second-order valence-electron chi connectivity index (χ2n) is 4.64. The molecule has 5 heteroatoms. The second-order valence-corrected chi connectivity index (χ2v) is 4.64. The minimum atomic E-state index is -0.441. The van der Waals surface area contributed by atoms with Gasteiger partial charge in [0.05, 0.1) is 11.0 Å². The fraction of sp³-hybridized carbons (Fsp3) is 0.200. The Labute approximate surface area is 117 Å². The number of rotatable bonds is 4. The number of nitrogens with zero attached hydrogens (tertiary/aromatic N) is 1. The first-order chi connectivity index (χ1) is 9.49. The van der Waals surface area contributed by atoms with E-state index in [0.29, 0.717) is 11.5 Å². The molecular formula is C15H16N2O3. The maximum absolute atomic E-state index is 10.8. The fourth-order valence-corrected chi connectivity index (χ4v) is 1.88. The van der Waals surface area contributed by atoms with Crippen LogP contribution in [0.5, 0.6) is 11.5 Å². The minimum absolute atomic E-state index is 0.00359. The molecule has 2 aromatic rings. The van der Waals surface area contributed by atoms with E-state index in [-0.39, 0.29) is 11.7 Å². The summed E-state index contributed by atoms with van der Waals surface area (Å²) in [5, 5.41) is 10.8. The Bertz CT molecular complexity index is 639. The third-order valence-electron chi connectivity index (χ3n) is 3.01. The highest BCUT2D eigenvalue weighted by Crippen LogP contribution is 2.32. The Kier molecular flexibility index (Phi) is 4.00. The summed E-state index contributed by atoms with van der Waals surface area (Å²) < 4.78 is 5.81. The molecule has 0 amide bonds. The smallest absolute Gasteiger partial charge is 0.273 e. The van der Waals surface area contributed by atoms with Crippen molar-refractivity contribution >= 4 is 5.69 Å². The molecule has 5 nitrogen and oxygen atoms in total. The van der Waals surface area contributed by atoms with E-state index >= 15 is 0 Å². The average molecular weight is 272 g/mol. The van der Waals surface area contributed by atoms with E-state index < -0.39 is 4.92 Å². The van der Waals surface area contributed by atoms with Crippen LogP contribution in [0.25, 0.3) is 0 Å². The highest BCUT2D eigenvalue weighted by Gasteiger charge is 2.13. The number of para-hydroxylation sites is 1. The molecule has 2 N–H and O–H groups in total. The van der Waals surface area contributed by atoms with Gasteiger partial charge in [0.1, 0.15) is 11.5 Å². The summed E-state index contributed by atoms with van der Waals surface area (Å²) in [6, 6.07) is 11.8. The maximum Gasteiger partial charge on any atom is 0.273 e. The Morgan fingerprint density at radius 2 is 1.90 bits per heavy atom. The highest BCUT2D eigenvalue weighted by molar-refractivity contribution is 5.47. The molecule has 0 bridgehead atoms. The standard InChI is InChI=1S/C15H16N2O3/c1-10-7-8-12(17(18)19)9-15(10)20-14-6-4-3-5-13(14)11(2)16/h3-9,11H,16H2,1-2H3/t11-/m1/s1. The Morgan fingerprint density at radius 1 is 1.20 bits per heavy atom. The molecule has 20 heavy (non-hydrogen) atoms. The van der Waals surface area contributed by atoms with Gasteiger partial charge in [-0.1, -0.05) is 18.2 Å². The number of nitro benzene ring substituents is 1. The summed E-state index contributed by atoms with van der Waals surface area (Å²) in [5.74, 6) is 1.08. The van der Waals surface area contributed by atoms with Gasteiger partial charge in [-0.25, -0.2) is 0 Å². The van der Waals surface area contributed by atoms with Crippen molar-refractivity contribution in [3.63, 3.8) is 0 Å². The third-order valence-corrected chi connectivity index (χ3v) is 3.01. The van der Waals surface area contributed by atoms with Crippen molar-refractivity contribution in [2.45, 2.75) is 19.9 Å². The van der Waals surface area contributed by atoms with Gasteiger partial charge in [-0.2, -0.15) is 0 Å². The number of ether oxygens (including phenoxy) is 1. The van der Waals surface area contributed by atoms with Crippen LogP contribution in [0, 0.1) is 17.0 Å². The highest BCUT2D eigenvalue weighted by atomic mass is 16.6. The number of hydrogen-bond acceptors (Lipinski definition) is 4. The molecule has 0 heterocycles. The van der Waals surface area contributed by atoms with Gasteiger partial charge < -0.3 is 10.5 Å². The first-order valence-electron chi connectivity index (χ1n) is 6.26. The summed E-state index contributed by atoms with van der Waals surface area (Å²) in [6.45, 7) is 3.70. The number of benzene rings is 2.